The highest BCUT2D eigenvalue weighted by molar-refractivity contribution is 7.47. The topological polar surface area (TPSA) is 134 Å². The third-order valence-electron chi connectivity index (χ3n) is 7.20. The highest BCUT2D eigenvalue weighted by Crippen LogP contribution is 2.43. The molecule has 0 saturated heterocycles. The number of allylic oxidation sites excluding steroid dienone is 8. The van der Waals surface area contributed by atoms with Gasteiger partial charge < -0.3 is 20.1 Å². The van der Waals surface area contributed by atoms with Gasteiger partial charge in [-0.3, -0.25) is 18.6 Å². The van der Waals surface area contributed by atoms with Gasteiger partial charge in [-0.2, -0.15) is 0 Å². The predicted octanol–water partition coefficient (Wildman–Crippen LogP) is 9.60. The lowest BCUT2D eigenvalue weighted by atomic mass is 10.1. The van der Waals surface area contributed by atoms with Crippen LogP contribution in [0, 0.1) is 0 Å². The minimum Gasteiger partial charge on any atom is -0.462 e. The molecule has 272 valence electrons. The molecule has 0 heterocycles. The maximum absolute atomic E-state index is 12.4. The van der Waals surface area contributed by atoms with E-state index < -0.39 is 32.5 Å². The van der Waals surface area contributed by atoms with Gasteiger partial charge in [0.15, 0.2) is 6.10 Å². The first-order chi connectivity index (χ1) is 22.8. The molecule has 0 aliphatic carbocycles. The maximum Gasteiger partial charge on any atom is 0.472 e. The normalized spacial score (nSPS) is 14.0. The van der Waals surface area contributed by atoms with Crippen LogP contribution in [-0.2, 0) is 32.7 Å². The first-order valence-corrected chi connectivity index (χ1v) is 19.6. The Morgan fingerprint density at radius 1 is 0.638 bits per heavy atom. The van der Waals surface area contributed by atoms with E-state index in [1.807, 2.05) is 0 Å². The SMILES string of the molecule is CCC/C=C/C/C=C/C/C=C/C/C=C/CCCCCC(=O)OC[C@@H](COP(=O)(O)OCCN)OC(=O)CCCCCCCCCCC. The van der Waals surface area contributed by atoms with E-state index in [2.05, 4.69) is 62.5 Å². The van der Waals surface area contributed by atoms with Crippen LogP contribution in [0.3, 0.4) is 0 Å². The van der Waals surface area contributed by atoms with Crippen LogP contribution in [-0.4, -0.2) is 49.3 Å². The molecule has 9 nitrogen and oxygen atoms in total. The standard InChI is InChI=1S/C37H66NO8P/c1-3-5-7-9-11-13-14-15-16-17-18-19-20-22-23-25-27-29-36(39)43-33-35(34-45-47(41,42)44-32-31-38)46-37(40)30-28-26-24-21-12-10-8-6-4-2/h7,9,13-14,16-17,19-20,35H,3-6,8,10-12,15,18,21-34,38H2,1-2H3,(H,41,42)/b9-7+,14-13+,17-16+,20-19+/t35-/m0/s1. The highest BCUT2D eigenvalue weighted by atomic mass is 31.2. The van der Waals surface area contributed by atoms with E-state index >= 15 is 0 Å². The Kier molecular flexibility index (Phi) is 32.4. The second kappa shape index (κ2) is 33.9. The van der Waals surface area contributed by atoms with Gasteiger partial charge in [0, 0.05) is 19.4 Å². The molecule has 0 radical (unpaired) electrons. The van der Waals surface area contributed by atoms with Crippen LogP contribution in [0.25, 0.3) is 0 Å². The molecule has 0 saturated carbocycles. The molecule has 0 aromatic heterocycles. The molecule has 0 aromatic carbocycles. The van der Waals surface area contributed by atoms with Crippen LogP contribution in [0.5, 0.6) is 0 Å². The van der Waals surface area contributed by atoms with Crippen LogP contribution in [0.2, 0.25) is 0 Å². The molecule has 0 spiro atoms. The summed E-state index contributed by atoms with van der Waals surface area (Å²) in [6.07, 6.45) is 35.8. The minimum atomic E-state index is -4.37. The zero-order chi connectivity index (χ0) is 34.7. The molecule has 47 heavy (non-hydrogen) atoms. The van der Waals surface area contributed by atoms with Gasteiger partial charge in [0.1, 0.15) is 6.61 Å². The van der Waals surface area contributed by atoms with Gasteiger partial charge in [0.2, 0.25) is 0 Å². The lowest BCUT2D eigenvalue weighted by Crippen LogP contribution is -2.29. The summed E-state index contributed by atoms with van der Waals surface area (Å²) in [5.41, 5.74) is 5.31. The molecule has 0 aromatic rings. The molecule has 0 aliphatic rings. The number of nitrogens with two attached hydrogens (primary N) is 1. The summed E-state index contributed by atoms with van der Waals surface area (Å²) in [5, 5.41) is 0. The van der Waals surface area contributed by atoms with Crippen LogP contribution < -0.4 is 5.73 Å². The van der Waals surface area contributed by atoms with Crippen LogP contribution in [0.4, 0.5) is 0 Å². The van der Waals surface area contributed by atoms with Crippen molar-refractivity contribution >= 4 is 19.8 Å². The number of unbranched alkanes of at least 4 members (excludes halogenated alkanes) is 12. The fourth-order valence-corrected chi connectivity index (χ4v) is 5.27. The number of phosphoric ester groups is 1. The smallest absolute Gasteiger partial charge is 0.462 e. The zero-order valence-corrected chi connectivity index (χ0v) is 30.4. The molecule has 0 amide bonds. The number of carbonyl (C=O) groups is 2. The Labute approximate surface area is 286 Å². The van der Waals surface area contributed by atoms with Crippen molar-refractivity contribution in [3.8, 4) is 0 Å². The van der Waals surface area contributed by atoms with Gasteiger partial charge in [0.05, 0.1) is 13.2 Å². The first kappa shape index (κ1) is 45.0. The summed E-state index contributed by atoms with van der Waals surface area (Å²) < 4.78 is 32.5. The van der Waals surface area contributed by atoms with Crippen molar-refractivity contribution in [3.63, 3.8) is 0 Å². The largest absolute Gasteiger partial charge is 0.472 e. The average Bonchev–Trinajstić information content (AvgIpc) is 3.05. The number of carbonyl (C=O) groups excluding carboxylic acids is 2. The van der Waals surface area contributed by atoms with Crippen molar-refractivity contribution < 1.29 is 37.6 Å². The Hall–Kier alpha value is -2.03. The fraction of sp³-hybridized carbons (Fsp3) is 0.730. The molecule has 0 bridgehead atoms. The molecular formula is C37H66NO8P. The monoisotopic (exact) mass is 683 g/mol. The Morgan fingerprint density at radius 3 is 1.72 bits per heavy atom. The number of rotatable bonds is 33. The van der Waals surface area contributed by atoms with Crippen molar-refractivity contribution in [2.75, 3.05) is 26.4 Å². The Bertz CT molecular complexity index is 918. The lowest BCUT2D eigenvalue weighted by molar-refractivity contribution is -0.161. The predicted molar refractivity (Wildman–Crippen MR) is 192 cm³/mol. The molecule has 0 fully saturated rings. The quantitative estimate of drug-likeness (QED) is 0.0300. The van der Waals surface area contributed by atoms with Crippen molar-refractivity contribution in [1.29, 1.82) is 0 Å². The summed E-state index contributed by atoms with van der Waals surface area (Å²) in [7, 11) is -4.37. The molecule has 10 heteroatoms. The van der Waals surface area contributed by atoms with E-state index in [0.29, 0.717) is 12.8 Å². The average molecular weight is 684 g/mol. The first-order valence-electron chi connectivity index (χ1n) is 18.1. The van der Waals surface area contributed by atoms with Crippen LogP contribution in [0.1, 0.15) is 142 Å². The second-order valence-electron chi connectivity index (χ2n) is 11.7. The third-order valence-corrected chi connectivity index (χ3v) is 8.18. The molecule has 3 N–H and O–H groups in total. The lowest BCUT2D eigenvalue weighted by Gasteiger charge is -2.19. The van der Waals surface area contributed by atoms with Gasteiger partial charge in [-0.05, 0) is 51.4 Å². The Morgan fingerprint density at radius 2 is 1.15 bits per heavy atom. The zero-order valence-electron chi connectivity index (χ0n) is 29.5. The summed E-state index contributed by atoms with van der Waals surface area (Å²) in [5.74, 6) is -0.872. The Balaban J connectivity index is 4.28. The highest BCUT2D eigenvalue weighted by Gasteiger charge is 2.25. The van der Waals surface area contributed by atoms with E-state index in [1.165, 1.54) is 38.5 Å². The molecule has 2 atom stereocenters. The maximum atomic E-state index is 12.4. The van der Waals surface area contributed by atoms with Crippen molar-refractivity contribution in [3.05, 3.63) is 48.6 Å². The minimum absolute atomic E-state index is 0.0478. The summed E-state index contributed by atoms with van der Waals surface area (Å²) >= 11 is 0. The van der Waals surface area contributed by atoms with Gasteiger partial charge in [-0.25, -0.2) is 4.57 Å². The van der Waals surface area contributed by atoms with Gasteiger partial charge in [-0.1, -0.05) is 127 Å². The molecule has 0 aliphatic heterocycles. The van der Waals surface area contributed by atoms with Crippen molar-refractivity contribution in [2.45, 2.75) is 148 Å². The third kappa shape index (κ3) is 33.7. The number of ether oxygens (including phenoxy) is 2. The van der Waals surface area contributed by atoms with E-state index in [0.717, 1.165) is 64.2 Å². The van der Waals surface area contributed by atoms with E-state index in [9.17, 15) is 19.0 Å². The van der Waals surface area contributed by atoms with Gasteiger partial charge >= 0.3 is 19.8 Å². The summed E-state index contributed by atoms with van der Waals surface area (Å²) in [6, 6.07) is 0. The molecule has 1 unspecified atom stereocenters. The summed E-state index contributed by atoms with van der Waals surface area (Å²) in [4.78, 5) is 34.6. The number of hydrogen-bond acceptors (Lipinski definition) is 8. The van der Waals surface area contributed by atoms with Crippen molar-refractivity contribution in [1.82, 2.24) is 0 Å². The van der Waals surface area contributed by atoms with E-state index in [1.54, 1.807) is 0 Å². The van der Waals surface area contributed by atoms with Crippen molar-refractivity contribution in [2.24, 2.45) is 5.73 Å². The van der Waals surface area contributed by atoms with Crippen LogP contribution in [0.15, 0.2) is 48.6 Å². The number of phosphoric acid groups is 1. The fourth-order valence-electron chi connectivity index (χ4n) is 4.51. The molecular weight excluding hydrogens is 617 g/mol. The van der Waals surface area contributed by atoms with Gasteiger partial charge in [-0.15, -0.1) is 0 Å². The van der Waals surface area contributed by atoms with Gasteiger partial charge in [0.25, 0.3) is 0 Å². The second-order valence-corrected chi connectivity index (χ2v) is 13.2. The van der Waals surface area contributed by atoms with Crippen LogP contribution >= 0.6 is 7.82 Å². The molecule has 0 rings (SSSR count). The van der Waals surface area contributed by atoms with E-state index in [-0.39, 0.29) is 32.6 Å². The summed E-state index contributed by atoms with van der Waals surface area (Å²) in [6.45, 7) is 3.57. The number of esters is 2. The van der Waals surface area contributed by atoms with E-state index in [4.69, 9.17) is 24.3 Å². The number of hydrogen-bond donors (Lipinski definition) is 2.